The molecule has 0 amide bonds. The Morgan fingerprint density at radius 3 is 2.25 bits per heavy atom. The van der Waals surface area contributed by atoms with Crippen LogP contribution in [0.3, 0.4) is 0 Å². The molecule has 2 aromatic rings. The summed E-state index contributed by atoms with van der Waals surface area (Å²) in [4.78, 5) is 24.4. The number of para-hydroxylation sites is 1. The second-order valence-corrected chi connectivity index (χ2v) is 5.57. The van der Waals surface area contributed by atoms with Crippen molar-refractivity contribution in [3.63, 3.8) is 0 Å². The van der Waals surface area contributed by atoms with Crippen LogP contribution in [-0.4, -0.2) is 17.0 Å². The van der Waals surface area contributed by atoms with Gasteiger partial charge in [-0.15, -0.1) is 0 Å². The van der Waals surface area contributed by atoms with Gasteiger partial charge in [0, 0.05) is 5.56 Å². The van der Waals surface area contributed by atoms with Crippen LogP contribution in [0, 0.1) is 6.92 Å². The van der Waals surface area contributed by atoms with E-state index >= 15 is 0 Å². The molecule has 24 heavy (non-hydrogen) atoms. The third kappa shape index (κ3) is 2.02. The highest BCUT2D eigenvalue weighted by Gasteiger charge is 2.39. The lowest BCUT2D eigenvalue weighted by molar-refractivity contribution is -0.131. The molecule has 118 valence electrons. The monoisotopic (exact) mass is 320 g/mol. The largest absolute Gasteiger partial charge is 0.504 e. The summed E-state index contributed by atoms with van der Waals surface area (Å²) in [5.41, 5.74) is 2.13. The molecule has 2 aliphatic heterocycles. The van der Waals surface area contributed by atoms with Crippen molar-refractivity contribution in [1.82, 2.24) is 0 Å². The van der Waals surface area contributed by atoms with Crippen LogP contribution in [0.1, 0.15) is 16.7 Å². The Kier molecular flexibility index (Phi) is 3.03. The molecule has 2 aromatic carbocycles. The first-order chi connectivity index (χ1) is 11.6. The van der Waals surface area contributed by atoms with E-state index < -0.39 is 11.9 Å². The Morgan fingerprint density at radius 2 is 1.50 bits per heavy atom. The molecular weight excluding hydrogens is 308 g/mol. The van der Waals surface area contributed by atoms with E-state index in [0.717, 1.165) is 5.56 Å². The van der Waals surface area contributed by atoms with E-state index in [1.165, 1.54) is 0 Å². The van der Waals surface area contributed by atoms with Crippen LogP contribution in [-0.2, 0) is 14.3 Å². The topological polar surface area (TPSA) is 72.8 Å². The maximum Gasteiger partial charge on any atom is 0.348 e. The zero-order valence-electron chi connectivity index (χ0n) is 12.7. The summed E-state index contributed by atoms with van der Waals surface area (Å²) in [6, 6.07) is 13.9. The van der Waals surface area contributed by atoms with Crippen LogP contribution in [0.5, 0.6) is 5.75 Å². The summed E-state index contributed by atoms with van der Waals surface area (Å²) in [6.45, 7) is 1.92. The van der Waals surface area contributed by atoms with E-state index in [2.05, 4.69) is 0 Å². The van der Waals surface area contributed by atoms with Gasteiger partial charge in [0.15, 0.2) is 11.5 Å². The summed E-state index contributed by atoms with van der Waals surface area (Å²) in [5.74, 6) is -1.50. The Balaban J connectivity index is 1.91. The van der Waals surface area contributed by atoms with Crippen molar-refractivity contribution in [1.29, 1.82) is 0 Å². The number of carbonyl (C=O) groups excluding carboxylic acids is 2. The zero-order valence-corrected chi connectivity index (χ0v) is 12.7. The van der Waals surface area contributed by atoms with Gasteiger partial charge in [-0.2, -0.15) is 0 Å². The molecule has 0 spiro atoms. The molecule has 0 radical (unpaired) electrons. The number of cyclic esters (lactones) is 1. The standard InChI is InChI=1S/C19H12O5/c1-10-6-8-11(9-7-10)14-16(20)17(24-18(14)21)15-12-4-2-3-5-13(12)23-19(15)22/h2-9,20H,1H3/b17-15+. The fourth-order valence-electron chi connectivity index (χ4n) is 2.78. The Morgan fingerprint density at radius 1 is 0.833 bits per heavy atom. The van der Waals surface area contributed by atoms with Crippen LogP contribution in [0.25, 0.3) is 11.1 Å². The smallest absolute Gasteiger partial charge is 0.348 e. The predicted octanol–water partition coefficient (Wildman–Crippen LogP) is 3.15. The van der Waals surface area contributed by atoms with Crippen molar-refractivity contribution in [3.05, 3.63) is 76.7 Å². The van der Waals surface area contributed by atoms with E-state index in [9.17, 15) is 14.7 Å². The first kappa shape index (κ1) is 14.3. The second kappa shape index (κ2) is 5.09. The zero-order chi connectivity index (χ0) is 16.8. The second-order valence-electron chi connectivity index (χ2n) is 5.57. The number of aliphatic hydroxyl groups is 1. The summed E-state index contributed by atoms with van der Waals surface area (Å²) < 4.78 is 10.3. The molecule has 0 atom stereocenters. The van der Waals surface area contributed by atoms with Gasteiger partial charge in [0.2, 0.25) is 0 Å². The SMILES string of the molecule is Cc1ccc(C2=C(O)/C(=C3\C(=O)Oc4ccccc43)OC2=O)cc1. The number of rotatable bonds is 1. The van der Waals surface area contributed by atoms with Gasteiger partial charge in [-0.05, 0) is 18.6 Å². The van der Waals surface area contributed by atoms with Crippen molar-refractivity contribution in [2.24, 2.45) is 0 Å². The molecule has 4 rings (SSSR count). The lowest BCUT2D eigenvalue weighted by Crippen LogP contribution is -2.05. The normalized spacial score (nSPS) is 19.4. The van der Waals surface area contributed by atoms with E-state index in [1.807, 2.05) is 19.1 Å². The van der Waals surface area contributed by atoms with Crippen molar-refractivity contribution >= 4 is 23.1 Å². The molecule has 5 heteroatoms. The number of esters is 2. The number of aliphatic hydroxyl groups excluding tert-OH is 1. The molecule has 0 unspecified atom stereocenters. The number of hydrogen-bond donors (Lipinski definition) is 1. The maximum absolute atomic E-state index is 12.2. The number of ether oxygens (including phenoxy) is 2. The fraction of sp³-hybridized carbons (Fsp3) is 0.0526. The van der Waals surface area contributed by atoms with Crippen molar-refractivity contribution in [2.45, 2.75) is 6.92 Å². The molecule has 0 saturated carbocycles. The molecule has 0 aromatic heterocycles. The number of hydrogen-bond acceptors (Lipinski definition) is 5. The number of carbonyl (C=O) groups is 2. The molecular formula is C19H12O5. The van der Waals surface area contributed by atoms with Crippen LogP contribution < -0.4 is 4.74 Å². The minimum absolute atomic E-state index is 0.0367. The Bertz CT molecular complexity index is 948. The lowest BCUT2D eigenvalue weighted by atomic mass is 10.0. The third-order valence-corrected chi connectivity index (χ3v) is 3.98. The van der Waals surface area contributed by atoms with E-state index in [1.54, 1.807) is 36.4 Å². The van der Waals surface area contributed by atoms with Gasteiger partial charge in [0.1, 0.15) is 16.9 Å². The van der Waals surface area contributed by atoms with Gasteiger partial charge in [-0.25, -0.2) is 9.59 Å². The van der Waals surface area contributed by atoms with Gasteiger partial charge in [0.25, 0.3) is 0 Å². The highest BCUT2D eigenvalue weighted by atomic mass is 16.6. The average molecular weight is 320 g/mol. The molecule has 2 heterocycles. The van der Waals surface area contributed by atoms with E-state index in [0.29, 0.717) is 16.9 Å². The quantitative estimate of drug-likeness (QED) is 0.496. The summed E-state index contributed by atoms with van der Waals surface area (Å²) in [6.07, 6.45) is 0. The maximum atomic E-state index is 12.2. The Labute approximate surface area is 137 Å². The molecule has 2 aliphatic rings. The van der Waals surface area contributed by atoms with Crippen molar-refractivity contribution < 1.29 is 24.2 Å². The predicted molar refractivity (Wildman–Crippen MR) is 85.8 cm³/mol. The summed E-state index contributed by atoms with van der Waals surface area (Å²) >= 11 is 0. The van der Waals surface area contributed by atoms with Crippen LogP contribution >= 0.6 is 0 Å². The van der Waals surface area contributed by atoms with Gasteiger partial charge >= 0.3 is 11.9 Å². The van der Waals surface area contributed by atoms with Crippen LogP contribution in [0.2, 0.25) is 0 Å². The van der Waals surface area contributed by atoms with Gasteiger partial charge < -0.3 is 14.6 Å². The summed E-state index contributed by atoms with van der Waals surface area (Å²) in [7, 11) is 0. The lowest BCUT2D eigenvalue weighted by Gasteiger charge is -2.01. The Hall–Kier alpha value is -3.34. The molecule has 5 nitrogen and oxygen atoms in total. The molecule has 0 saturated heterocycles. The highest BCUT2D eigenvalue weighted by molar-refractivity contribution is 6.27. The minimum Gasteiger partial charge on any atom is -0.504 e. The average Bonchev–Trinajstić information content (AvgIpc) is 3.04. The number of fused-ring (bicyclic) bond motifs is 1. The highest BCUT2D eigenvalue weighted by Crippen LogP contribution is 2.41. The first-order valence-electron chi connectivity index (χ1n) is 7.35. The van der Waals surface area contributed by atoms with Crippen LogP contribution in [0.15, 0.2) is 60.0 Å². The third-order valence-electron chi connectivity index (χ3n) is 3.98. The first-order valence-corrected chi connectivity index (χ1v) is 7.35. The minimum atomic E-state index is -0.698. The van der Waals surface area contributed by atoms with Crippen molar-refractivity contribution in [3.8, 4) is 5.75 Å². The van der Waals surface area contributed by atoms with E-state index in [-0.39, 0.29) is 22.7 Å². The van der Waals surface area contributed by atoms with Gasteiger partial charge in [0.05, 0.1) is 0 Å². The molecule has 0 aliphatic carbocycles. The van der Waals surface area contributed by atoms with E-state index in [4.69, 9.17) is 9.47 Å². The fourth-order valence-corrected chi connectivity index (χ4v) is 2.78. The van der Waals surface area contributed by atoms with Crippen molar-refractivity contribution in [2.75, 3.05) is 0 Å². The molecule has 1 N–H and O–H groups in total. The number of benzene rings is 2. The molecule has 0 fully saturated rings. The summed E-state index contributed by atoms with van der Waals surface area (Å²) in [5, 5.41) is 10.5. The van der Waals surface area contributed by atoms with Gasteiger partial charge in [-0.3, -0.25) is 0 Å². The molecule has 0 bridgehead atoms. The number of aryl methyl sites for hydroxylation is 1. The van der Waals surface area contributed by atoms with Crippen LogP contribution in [0.4, 0.5) is 0 Å². The van der Waals surface area contributed by atoms with Gasteiger partial charge in [-0.1, -0.05) is 48.0 Å².